The Morgan fingerprint density at radius 3 is 2.94 bits per heavy atom. The van der Waals surface area contributed by atoms with Crippen LogP contribution in [0, 0.1) is 0 Å². The molecule has 2 rings (SSSR count). The summed E-state index contributed by atoms with van der Waals surface area (Å²) in [6.07, 6.45) is 3.05. The molecule has 1 atom stereocenters. The van der Waals surface area contributed by atoms with E-state index < -0.39 is 0 Å². The summed E-state index contributed by atoms with van der Waals surface area (Å²) in [6.45, 7) is 2.25. The van der Waals surface area contributed by atoms with Gasteiger partial charge >= 0.3 is 0 Å². The van der Waals surface area contributed by atoms with Crippen LogP contribution in [-0.4, -0.2) is 47.5 Å². The SMILES string of the molecule is CC(O)CCNc1nc(N)nc(-n2cncn2)n1. The highest BCUT2D eigenvalue weighted by molar-refractivity contribution is 5.34. The van der Waals surface area contributed by atoms with E-state index in [1.54, 1.807) is 6.92 Å². The number of anilines is 2. The van der Waals surface area contributed by atoms with Crippen molar-refractivity contribution in [3.05, 3.63) is 12.7 Å². The zero-order valence-electron chi connectivity index (χ0n) is 9.85. The first-order chi connectivity index (χ1) is 8.65. The third kappa shape index (κ3) is 3.10. The van der Waals surface area contributed by atoms with E-state index >= 15 is 0 Å². The summed E-state index contributed by atoms with van der Waals surface area (Å²) in [6, 6.07) is 0. The zero-order chi connectivity index (χ0) is 13.0. The number of hydrogen-bond acceptors (Lipinski definition) is 8. The van der Waals surface area contributed by atoms with Crippen molar-refractivity contribution < 1.29 is 5.11 Å². The summed E-state index contributed by atoms with van der Waals surface area (Å²) in [4.78, 5) is 15.8. The number of nitrogens with one attached hydrogen (secondary N) is 1. The van der Waals surface area contributed by atoms with E-state index in [-0.39, 0.29) is 12.1 Å². The van der Waals surface area contributed by atoms with E-state index in [9.17, 15) is 0 Å². The lowest BCUT2D eigenvalue weighted by atomic mass is 10.3. The minimum atomic E-state index is -0.383. The Labute approximate surface area is 103 Å². The van der Waals surface area contributed by atoms with Crippen LogP contribution in [0.25, 0.3) is 5.95 Å². The first-order valence-electron chi connectivity index (χ1n) is 5.43. The molecule has 1 unspecified atom stereocenters. The van der Waals surface area contributed by atoms with E-state index in [1.165, 1.54) is 17.3 Å². The summed E-state index contributed by atoms with van der Waals surface area (Å²) in [5, 5.41) is 16.0. The van der Waals surface area contributed by atoms with Crippen LogP contribution in [0.1, 0.15) is 13.3 Å². The summed E-state index contributed by atoms with van der Waals surface area (Å²) < 4.78 is 1.39. The number of rotatable bonds is 5. The molecule has 96 valence electrons. The highest BCUT2D eigenvalue weighted by Gasteiger charge is 2.06. The number of nitrogen functional groups attached to an aromatic ring is 1. The maximum absolute atomic E-state index is 9.15. The highest BCUT2D eigenvalue weighted by atomic mass is 16.3. The molecule has 0 aromatic carbocycles. The summed E-state index contributed by atoms with van der Waals surface area (Å²) in [5.41, 5.74) is 5.58. The normalized spacial score (nSPS) is 12.3. The number of aliphatic hydroxyl groups is 1. The fourth-order valence-electron chi connectivity index (χ4n) is 1.27. The van der Waals surface area contributed by atoms with Gasteiger partial charge in [-0.25, -0.2) is 4.98 Å². The van der Waals surface area contributed by atoms with E-state index in [4.69, 9.17) is 10.8 Å². The van der Waals surface area contributed by atoms with Gasteiger partial charge in [-0.2, -0.15) is 24.7 Å². The Morgan fingerprint density at radius 1 is 1.44 bits per heavy atom. The molecule has 2 heterocycles. The molecular formula is C9H14N8O. The molecule has 9 nitrogen and oxygen atoms in total. The molecule has 2 aromatic heterocycles. The van der Waals surface area contributed by atoms with Gasteiger partial charge in [0.05, 0.1) is 6.10 Å². The van der Waals surface area contributed by atoms with Crippen molar-refractivity contribution >= 4 is 11.9 Å². The van der Waals surface area contributed by atoms with Gasteiger partial charge in [-0.05, 0) is 13.3 Å². The summed E-state index contributed by atoms with van der Waals surface area (Å²) in [5.74, 6) is 0.725. The van der Waals surface area contributed by atoms with Gasteiger partial charge in [0.25, 0.3) is 5.95 Å². The molecule has 0 spiro atoms. The Balaban J connectivity index is 2.12. The molecule has 2 aromatic rings. The first kappa shape index (κ1) is 12.2. The van der Waals surface area contributed by atoms with Crippen molar-refractivity contribution in [3.8, 4) is 5.95 Å². The largest absolute Gasteiger partial charge is 0.393 e. The molecule has 0 radical (unpaired) electrons. The van der Waals surface area contributed by atoms with Gasteiger partial charge in [-0.3, -0.25) is 0 Å². The number of hydrogen-bond donors (Lipinski definition) is 3. The van der Waals surface area contributed by atoms with Gasteiger partial charge in [0.1, 0.15) is 12.7 Å². The lowest BCUT2D eigenvalue weighted by Gasteiger charge is -2.07. The molecule has 0 saturated heterocycles. The number of nitrogens with two attached hydrogens (primary N) is 1. The van der Waals surface area contributed by atoms with Crippen LogP contribution < -0.4 is 11.1 Å². The maximum atomic E-state index is 9.15. The third-order valence-electron chi connectivity index (χ3n) is 2.11. The third-order valence-corrected chi connectivity index (χ3v) is 2.11. The molecular weight excluding hydrogens is 236 g/mol. The van der Waals surface area contributed by atoms with Crippen molar-refractivity contribution in [2.75, 3.05) is 17.6 Å². The van der Waals surface area contributed by atoms with Crippen LogP contribution in [0.2, 0.25) is 0 Å². The second-order valence-corrected chi connectivity index (χ2v) is 3.72. The van der Waals surface area contributed by atoms with Crippen molar-refractivity contribution in [2.24, 2.45) is 0 Å². The quantitative estimate of drug-likeness (QED) is 0.630. The fraction of sp³-hybridized carbons (Fsp3) is 0.444. The molecule has 0 amide bonds. The minimum absolute atomic E-state index is 0.0926. The average Bonchev–Trinajstić information content (AvgIpc) is 2.81. The molecule has 0 aliphatic carbocycles. The number of aromatic nitrogens is 6. The van der Waals surface area contributed by atoms with Crippen LogP contribution in [0.4, 0.5) is 11.9 Å². The monoisotopic (exact) mass is 250 g/mol. The molecule has 0 saturated carbocycles. The highest BCUT2D eigenvalue weighted by Crippen LogP contribution is 2.05. The van der Waals surface area contributed by atoms with Gasteiger partial charge in [0.2, 0.25) is 11.9 Å². The molecule has 0 bridgehead atoms. The van der Waals surface area contributed by atoms with Crippen LogP contribution in [0.5, 0.6) is 0 Å². The van der Waals surface area contributed by atoms with E-state index in [0.29, 0.717) is 24.9 Å². The van der Waals surface area contributed by atoms with Gasteiger partial charge in [-0.15, -0.1) is 0 Å². The van der Waals surface area contributed by atoms with E-state index in [0.717, 1.165) is 0 Å². The number of aliphatic hydroxyl groups excluding tert-OH is 1. The van der Waals surface area contributed by atoms with Gasteiger partial charge < -0.3 is 16.2 Å². The molecule has 0 aliphatic heterocycles. The molecule has 0 fully saturated rings. The minimum Gasteiger partial charge on any atom is -0.393 e. The Bertz CT molecular complexity index is 497. The van der Waals surface area contributed by atoms with E-state index in [1.807, 2.05) is 0 Å². The van der Waals surface area contributed by atoms with Crippen LogP contribution in [0.15, 0.2) is 12.7 Å². The van der Waals surface area contributed by atoms with Crippen LogP contribution in [-0.2, 0) is 0 Å². The van der Waals surface area contributed by atoms with E-state index in [2.05, 4.69) is 30.4 Å². The maximum Gasteiger partial charge on any atom is 0.258 e. The van der Waals surface area contributed by atoms with Crippen molar-refractivity contribution in [1.82, 2.24) is 29.7 Å². The topological polar surface area (TPSA) is 128 Å². The van der Waals surface area contributed by atoms with Gasteiger partial charge in [-0.1, -0.05) is 0 Å². The van der Waals surface area contributed by atoms with Crippen LogP contribution in [0.3, 0.4) is 0 Å². The summed E-state index contributed by atoms with van der Waals surface area (Å²) >= 11 is 0. The standard InChI is InChI=1S/C9H14N8O/c1-6(18)2-3-12-8-14-7(10)15-9(16-8)17-5-11-4-13-17/h4-6,18H,2-3H2,1H3,(H3,10,12,14,15,16). The second kappa shape index (κ2) is 5.36. The summed E-state index contributed by atoms with van der Waals surface area (Å²) in [7, 11) is 0. The first-order valence-corrected chi connectivity index (χ1v) is 5.43. The van der Waals surface area contributed by atoms with Crippen molar-refractivity contribution in [2.45, 2.75) is 19.4 Å². The predicted octanol–water partition coefficient (Wildman–Crippen LogP) is -0.783. The Hall–Kier alpha value is -2.29. The smallest absolute Gasteiger partial charge is 0.258 e. The lowest BCUT2D eigenvalue weighted by Crippen LogP contribution is -2.14. The lowest BCUT2D eigenvalue weighted by molar-refractivity contribution is 0.188. The molecule has 4 N–H and O–H groups in total. The Morgan fingerprint density at radius 2 is 2.28 bits per heavy atom. The van der Waals surface area contributed by atoms with Crippen LogP contribution >= 0.6 is 0 Å². The molecule has 18 heavy (non-hydrogen) atoms. The van der Waals surface area contributed by atoms with Crippen molar-refractivity contribution in [3.63, 3.8) is 0 Å². The fourth-order valence-corrected chi connectivity index (χ4v) is 1.27. The number of nitrogens with zero attached hydrogens (tertiary/aromatic N) is 6. The van der Waals surface area contributed by atoms with Crippen molar-refractivity contribution in [1.29, 1.82) is 0 Å². The van der Waals surface area contributed by atoms with Gasteiger partial charge in [0, 0.05) is 6.54 Å². The average molecular weight is 250 g/mol. The second-order valence-electron chi connectivity index (χ2n) is 3.72. The predicted molar refractivity (Wildman–Crippen MR) is 63.9 cm³/mol. The van der Waals surface area contributed by atoms with Gasteiger partial charge in [0.15, 0.2) is 0 Å². The molecule has 0 aliphatic rings. The zero-order valence-corrected chi connectivity index (χ0v) is 9.85. The molecule has 9 heteroatoms. The Kier molecular flexibility index (Phi) is 3.63.